The van der Waals surface area contributed by atoms with Gasteiger partial charge in [-0.25, -0.2) is 0 Å². The number of ether oxygens (including phenoxy) is 2. The highest BCUT2D eigenvalue weighted by molar-refractivity contribution is 4.98. The Hall–Kier alpha value is -0.340. The lowest BCUT2D eigenvalue weighted by Crippen LogP contribution is -2.05. The molecule has 0 heterocycles. The van der Waals surface area contributed by atoms with Crippen molar-refractivity contribution in [3.8, 4) is 0 Å². The molecule has 0 fully saturated rings. The number of hydrogen-bond acceptors (Lipinski definition) is 2. The molecule has 0 atom stereocenters. The summed E-state index contributed by atoms with van der Waals surface area (Å²) in [6, 6.07) is 0. The van der Waals surface area contributed by atoms with E-state index in [1.807, 2.05) is 0 Å². The molecule has 122 valence electrons. The maximum Gasteiger partial charge on any atom is 0.0675 e. The van der Waals surface area contributed by atoms with Crippen molar-refractivity contribution in [3.63, 3.8) is 0 Å². The summed E-state index contributed by atoms with van der Waals surface area (Å²) < 4.78 is 11.0. The molecule has 0 N–H and O–H groups in total. The Morgan fingerprint density at radius 3 is 1.68 bits per heavy atom. The van der Waals surface area contributed by atoms with E-state index >= 15 is 0 Å². The molecule has 0 saturated carbocycles. The molecule has 2 nitrogen and oxygen atoms in total. The third kappa shape index (κ3) is 27.0. The van der Waals surface area contributed by atoms with E-state index in [0.29, 0.717) is 18.4 Å². The van der Waals surface area contributed by atoms with Gasteiger partial charge in [-0.15, -0.1) is 0 Å². The lowest BCUT2D eigenvalue weighted by atomic mass is 10.2. The zero-order valence-electron chi connectivity index (χ0n) is 10.9. The van der Waals surface area contributed by atoms with Gasteiger partial charge >= 0.3 is 0 Å². The van der Waals surface area contributed by atoms with Crippen LogP contribution in [0.15, 0.2) is 11.6 Å². The molecule has 19 heavy (non-hydrogen) atoms. The number of hydrogen-bond donors (Lipinski definition) is 0. The van der Waals surface area contributed by atoms with Gasteiger partial charge in [0.25, 0.3) is 0 Å². The monoisotopic (exact) mass is 278 g/mol. The van der Waals surface area contributed by atoms with Crippen molar-refractivity contribution < 1.29 is 9.47 Å². The van der Waals surface area contributed by atoms with Crippen LogP contribution in [0.25, 0.3) is 0 Å². The van der Waals surface area contributed by atoms with Crippen molar-refractivity contribution in [2.24, 2.45) is 11.8 Å². The van der Waals surface area contributed by atoms with Crippen LogP contribution in [0.4, 0.5) is 0 Å². The average molecular weight is 279 g/mol. The van der Waals surface area contributed by atoms with Crippen LogP contribution in [-0.4, -0.2) is 26.4 Å². The summed E-state index contributed by atoms with van der Waals surface area (Å²) in [5.74, 6) is 1.21. The van der Waals surface area contributed by atoms with Crippen molar-refractivity contribution in [1.82, 2.24) is 0 Å². The lowest BCUT2D eigenvalue weighted by molar-refractivity contribution is 0.123. The minimum absolute atomic E-state index is 0. The van der Waals surface area contributed by atoms with Crippen LogP contribution in [0, 0.1) is 11.8 Å². The molecule has 0 aromatic carbocycles. The smallest absolute Gasteiger partial charge is 0.0675 e. The quantitative estimate of drug-likeness (QED) is 0.411. The van der Waals surface area contributed by atoms with Crippen LogP contribution in [0.2, 0.25) is 0 Å². The molecule has 0 aliphatic rings. The largest absolute Gasteiger partial charge is 0.377 e. The summed E-state index contributed by atoms with van der Waals surface area (Å²) in [5.41, 5.74) is 1.25. The Labute approximate surface area is 124 Å². The minimum atomic E-state index is 0. The second kappa shape index (κ2) is 20.0. The maximum absolute atomic E-state index is 5.51. The molecular weight excluding hydrogens is 236 g/mol. The second-order valence-corrected chi connectivity index (χ2v) is 4.89. The van der Waals surface area contributed by atoms with Crippen LogP contribution in [-0.2, 0) is 9.47 Å². The predicted octanol–water partition coefficient (Wildman–Crippen LogP) is 5.82. The Morgan fingerprint density at radius 2 is 1.26 bits per heavy atom. The standard InChI is InChI=1S/C13H26O2.4CH4/c1-11(2)8-14-7-6-13(5)10-15-9-12(3)4;;;;/h6,11-12H,7-10H2,1-5H3;4*1H4/b13-6-;;;;. The van der Waals surface area contributed by atoms with Crippen LogP contribution in [0.3, 0.4) is 0 Å². The molecule has 0 spiro atoms. The first-order valence-corrected chi connectivity index (χ1v) is 5.83. The van der Waals surface area contributed by atoms with E-state index in [4.69, 9.17) is 9.47 Å². The summed E-state index contributed by atoms with van der Waals surface area (Å²) in [6.07, 6.45) is 2.10. The fourth-order valence-electron chi connectivity index (χ4n) is 1.02. The van der Waals surface area contributed by atoms with Gasteiger partial charge in [0, 0.05) is 13.2 Å². The van der Waals surface area contributed by atoms with Gasteiger partial charge in [0.1, 0.15) is 0 Å². The Balaban J connectivity index is -0.000000163. The van der Waals surface area contributed by atoms with Gasteiger partial charge in [-0.2, -0.15) is 0 Å². The molecular formula is C17H42O2. The molecule has 0 rings (SSSR count). The zero-order chi connectivity index (χ0) is 11.7. The summed E-state index contributed by atoms with van der Waals surface area (Å²) in [4.78, 5) is 0. The Kier molecular flexibility index (Phi) is 32.8. The molecule has 0 saturated heterocycles. The van der Waals surface area contributed by atoms with E-state index in [-0.39, 0.29) is 29.7 Å². The summed E-state index contributed by atoms with van der Waals surface area (Å²) in [5, 5.41) is 0. The zero-order valence-corrected chi connectivity index (χ0v) is 10.9. The highest BCUT2D eigenvalue weighted by atomic mass is 16.5. The normalized spacial score (nSPS) is 10.2. The van der Waals surface area contributed by atoms with Gasteiger partial charge in [0.2, 0.25) is 0 Å². The van der Waals surface area contributed by atoms with Gasteiger partial charge in [-0.1, -0.05) is 63.5 Å². The SMILES string of the molecule is C.C.C.C.C/C(=C/COCC(C)C)COCC(C)C. The van der Waals surface area contributed by atoms with E-state index in [0.717, 1.165) is 19.8 Å². The first-order chi connectivity index (χ1) is 7.02. The van der Waals surface area contributed by atoms with E-state index in [2.05, 4.69) is 40.7 Å². The molecule has 0 aromatic heterocycles. The molecule has 0 aliphatic heterocycles. The third-order valence-corrected chi connectivity index (χ3v) is 1.78. The molecule has 0 aliphatic carbocycles. The summed E-state index contributed by atoms with van der Waals surface area (Å²) in [7, 11) is 0. The van der Waals surface area contributed by atoms with Crippen molar-refractivity contribution in [1.29, 1.82) is 0 Å². The molecule has 0 bridgehead atoms. The van der Waals surface area contributed by atoms with E-state index in [1.165, 1.54) is 5.57 Å². The van der Waals surface area contributed by atoms with Crippen molar-refractivity contribution in [2.75, 3.05) is 26.4 Å². The van der Waals surface area contributed by atoms with E-state index in [1.54, 1.807) is 0 Å². The Morgan fingerprint density at radius 1 is 0.842 bits per heavy atom. The second-order valence-electron chi connectivity index (χ2n) is 4.89. The van der Waals surface area contributed by atoms with E-state index in [9.17, 15) is 0 Å². The summed E-state index contributed by atoms with van der Waals surface area (Å²) in [6.45, 7) is 13.8. The minimum Gasteiger partial charge on any atom is -0.377 e. The van der Waals surface area contributed by atoms with Crippen LogP contribution < -0.4 is 0 Å². The van der Waals surface area contributed by atoms with Gasteiger partial charge in [-0.05, 0) is 24.3 Å². The maximum atomic E-state index is 5.51. The van der Waals surface area contributed by atoms with Gasteiger partial charge in [0.05, 0.1) is 13.2 Å². The fourth-order valence-corrected chi connectivity index (χ4v) is 1.02. The third-order valence-electron chi connectivity index (χ3n) is 1.78. The van der Waals surface area contributed by atoms with Gasteiger partial charge in [0.15, 0.2) is 0 Å². The van der Waals surface area contributed by atoms with Crippen LogP contribution in [0.5, 0.6) is 0 Å². The highest BCUT2D eigenvalue weighted by Gasteiger charge is 1.95. The highest BCUT2D eigenvalue weighted by Crippen LogP contribution is 1.99. The average Bonchev–Trinajstić information content (AvgIpc) is 2.11. The molecule has 0 unspecified atom stereocenters. The van der Waals surface area contributed by atoms with Crippen molar-refractivity contribution in [2.45, 2.75) is 64.3 Å². The van der Waals surface area contributed by atoms with Crippen LogP contribution >= 0.6 is 0 Å². The molecule has 0 aromatic rings. The van der Waals surface area contributed by atoms with E-state index < -0.39 is 0 Å². The molecule has 2 heteroatoms. The predicted molar refractivity (Wildman–Crippen MR) is 92.0 cm³/mol. The van der Waals surface area contributed by atoms with Gasteiger partial charge < -0.3 is 9.47 Å². The number of rotatable bonds is 8. The molecule has 0 radical (unpaired) electrons. The fraction of sp³-hybridized carbons (Fsp3) is 0.882. The Bertz CT molecular complexity index is 172. The van der Waals surface area contributed by atoms with Crippen molar-refractivity contribution in [3.05, 3.63) is 11.6 Å². The molecule has 0 amide bonds. The summed E-state index contributed by atoms with van der Waals surface area (Å²) >= 11 is 0. The first kappa shape index (κ1) is 31.2. The van der Waals surface area contributed by atoms with Crippen molar-refractivity contribution >= 4 is 0 Å². The topological polar surface area (TPSA) is 18.5 Å². The lowest BCUT2D eigenvalue weighted by Gasteiger charge is -2.08. The first-order valence-electron chi connectivity index (χ1n) is 5.83. The van der Waals surface area contributed by atoms with Crippen LogP contribution in [0.1, 0.15) is 64.3 Å². The van der Waals surface area contributed by atoms with Gasteiger partial charge in [-0.3, -0.25) is 0 Å².